The van der Waals surface area contributed by atoms with Gasteiger partial charge >= 0.3 is 0 Å². The molecule has 2 aliphatic carbocycles. The molecular weight excluding hydrogens is 1300 g/mol. The number of nitrogens with zero attached hydrogens (tertiary/aromatic N) is 2. The molecule has 0 aliphatic heterocycles. The maximum atomic E-state index is 11.3. The number of aldehydes is 1. The number of anilines is 3. The molecule has 5 nitrogen and oxygen atoms in total. The molecule has 0 saturated carbocycles. The van der Waals surface area contributed by atoms with Crippen molar-refractivity contribution in [3.8, 4) is 128 Å². The standard InChI is InChI=1S/C51H32N2.C39H24O.C12H12N2/c1-4-15-34(16-5-1)46-40-21-10-11-22-41(40)47(35-17-6-2-7-18-35)50-43-32-31-38(39-23-14-24-42(48(39)43)49(46)50)33-27-29-36(30-28-33)51-52-44-25-12-13-26-45(44)53(51)37-19-8-3-9-20-37;40-24-25-18-20-26(21-19-25)29-22-23-34-37-30(29)16-9-17-33(37)38-35(27-10-3-1-4-11-27)31-14-7-8-15-32(31)36(39(34)38)28-12-5-2-6-13-28;13-11-8-4-5-9-12(11)14-10-6-2-1-3-7-10/h1-32H;1-24H;1-9,14H,13H2. The number of nitrogen functional groups attached to an aromatic ring is 1. The first kappa shape index (κ1) is 63.6. The van der Waals surface area contributed by atoms with Crippen LogP contribution in [0.15, 0.2) is 388 Å². The van der Waals surface area contributed by atoms with E-state index >= 15 is 0 Å². The normalized spacial score (nSPS) is 11.4. The minimum atomic E-state index is 0.689. The highest BCUT2D eigenvalue weighted by Crippen LogP contribution is 2.61. The Bertz CT molecular complexity index is 6430. The molecule has 0 amide bonds. The lowest BCUT2D eigenvalue weighted by atomic mass is 9.82. The van der Waals surface area contributed by atoms with Crippen LogP contribution in [0.5, 0.6) is 0 Å². The Labute approximate surface area is 621 Å². The minimum absolute atomic E-state index is 0.689. The number of fused-ring (bicyclic) bond motifs is 9. The summed E-state index contributed by atoms with van der Waals surface area (Å²) in [5.74, 6) is 0.939. The summed E-state index contributed by atoms with van der Waals surface area (Å²) in [4.78, 5) is 16.4. The summed E-state index contributed by atoms with van der Waals surface area (Å²) in [6.07, 6.45) is 0.898. The Morgan fingerprint density at radius 3 is 1.06 bits per heavy atom. The van der Waals surface area contributed by atoms with Crippen LogP contribution in [0, 0.1) is 0 Å². The van der Waals surface area contributed by atoms with E-state index in [2.05, 4.69) is 331 Å². The summed E-state index contributed by atoms with van der Waals surface area (Å²) in [5, 5.41) is 13.4. The summed E-state index contributed by atoms with van der Waals surface area (Å²) < 4.78 is 2.26. The Morgan fingerprint density at radius 1 is 0.271 bits per heavy atom. The molecule has 18 aromatic carbocycles. The van der Waals surface area contributed by atoms with E-state index < -0.39 is 0 Å². The summed E-state index contributed by atoms with van der Waals surface area (Å²) in [5.41, 5.74) is 38.7. The topological polar surface area (TPSA) is 72.9 Å². The van der Waals surface area contributed by atoms with Crippen molar-refractivity contribution in [1.82, 2.24) is 9.55 Å². The zero-order valence-electron chi connectivity index (χ0n) is 58.4. The molecule has 0 spiro atoms. The van der Waals surface area contributed by atoms with Crippen molar-refractivity contribution >= 4 is 77.5 Å². The van der Waals surface area contributed by atoms with Crippen LogP contribution >= 0.6 is 0 Å². The molecule has 2 aliphatic rings. The zero-order chi connectivity index (χ0) is 71.3. The van der Waals surface area contributed by atoms with Crippen LogP contribution in [0.4, 0.5) is 17.1 Å². The van der Waals surface area contributed by atoms with Crippen LogP contribution in [0.2, 0.25) is 0 Å². The first-order valence-corrected chi connectivity index (χ1v) is 36.4. The van der Waals surface area contributed by atoms with E-state index in [1.54, 1.807) is 0 Å². The largest absolute Gasteiger partial charge is 0.397 e. The van der Waals surface area contributed by atoms with E-state index in [4.69, 9.17) is 10.7 Å². The Hall–Kier alpha value is -14.3. The first-order valence-electron chi connectivity index (χ1n) is 36.4. The average molecular weight is 1370 g/mol. The number of nitrogens with one attached hydrogen (secondary N) is 1. The van der Waals surface area contributed by atoms with E-state index in [9.17, 15) is 4.79 Å². The van der Waals surface area contributed by atoms with Gasteiger partial charge in [0.05, 0.1) is 22.4 Å². The fraction of sp³-hybridized carbons (Fsp3) is 0. The highest BCUT2D eigenvalue weighted by molar-refractivity contribution is 6.31. The molecule has 21 rings (SSSR count). The van der Waals surface area contributed by atoms with Gasteiger partial charge in [0.15, 0.2) is 0 Å². The second-order valence-electron chi connectivity index (χ2n) is 27.3. The van der Waals surface area contributed by atoms with Gasteiger partial charge in [-0.1, -0.05) is 340 Å². The van der Waals surface area contributed by atoms with Crippen molar-refractivity contribution in [2.24, 2.45) is 0 Å². The molecule has 19 aromatic rings. The van der Waals surface area contributed by atoms with Gasteiger partial charge in [-0.05, 0) is 203 Å². The quantitative estimate of drug-likeness (QED) is 0.1000. The van der Waals surface area contributed by atoms with Crippen LogP contribution in [0.1, 0.15) is 10.4 Å². The number of imidazole rings is 1. The Kier molecular flexibility index (Phi) is 16.2. The number of para-hydroxylation sites is 6. The van der Waals surface area contributed by atoms with Gasteiger partial charge in [-0.25, -0.2) is 4.98 Å². The monoisotopic (exact) mass is 1360 g/mol. The lowest BCUT2D eigenvalue weighted by Crippen LogP contribution is -1.97. The number of aromatic nitrogens is 2. The van der Waals surface area contributed by atoms with Gasteiger partial charge in [0, 0.05) is 22.5 Å². The molecule has 107 heavy (non-hydrogen) atoms. The number of hydrogen-bond acceptors (Lipinski definition) is 4. The lowest BCUT2D eigenvalue weighted by molar-refractivity contribution is 0.112. The van der Waals surface area contributed by atoms with Crippen molar-refractivity contribution in [3.63, 3.8) is 0 Å². The molecule has 0 saturated heterocycles. The van der Waals surface area contributed by atoms with Crippen LogP contribution in [-0.2, 0) is 0 Å². The maximum Gasteiger partial charge on any atom is 0.150 e. The van der Waals surface area contributed by atoms with Gasteiger partial charge in [0.2, 0.25) is 0 Å². The SMILES string of the molecule is Nc1ccccc1Nc1ccccc1.O=Cc1ccc(-c2ccc3c4c(cccc24)-c2c-3c(-c3ccccc3)c3ccccc3c2-c2ccccc2)cc1.c1ccc(-c2c3c(c(-c4ccccc4)c4ccccc24)-c2ccc(-c4ccc(-c5nc6ccccc6n5-c5ccccc5)cc4)c4cccc-3c24)cc1. The first-order chi connectivity index (χ1) is 53.0. The molecule has 0 unspecified atom stereocenters. The van der Waals surface area contributed by atoms with Crippen molar-refractivity contribution in [3.05, 3.63) is 394 Å². The number of benzene rings is 18. The van der Waals surface area contributed by atoms with E-state index in [0.29, 0.717) is 5.56 Å². The van der Waals surface area contributed by atoms with Crippen LogP contribution in [0.3, 0.4) is 0 Å². The van der Waals surface area contributed by atoms with Crippen LogP contribution in [-0.4, -0.2) is 15.8 Å². The number of rotatable bonds is 11. The summed E-state index contributed by atoms with van der Waals surface area (Å²) in [6, 6.07) is 138. The third kappa shape index (κ3) is 11.1. The van der Waals surface area contributed by atoms with Gasteiger partial charge < -0.3 is 11.1 Å². The van der Waals surface area contributed by atoms with Crippen LogP contribution < -0.4 is 11.1 Å². The molecule has 1 aromatic heterocycles. The number of hydrogen-bond donors (Lipinski definition) is 2. The van der Waals surface area contributed by atoms with E-state index in [-0.39, 0.29) is 0 Å². The predicted octanol–water partition coefficient (Wildman–Crippen LogP) is 27.1. The van der Waals surface area contributed by atoms with Gasteiger partial charge in [-0.3, -0.25) is 9.36 Å². The molecule has 0 radical (unpaired) electrons. The molecule has 3 N–H and O–H groups in total. The molecular formula is C102H68N4O. The van der Waals surface area contributed by atoms with E-state index in [0.717, 1.165) is 57.0 Å². The summed E-state index contributed by atoms with van der Waals surface area (Å²) in [7, 11) is 0. The third-order valence-corrected chi connectivity index (χ3v) is 21.2. The van der Waals surface area contributed by atoms with Crippen LogP contribution in [0.25, 0.3) is 182 Å². The molecule has 5 heteroatoms. The molecule has 0 bridgehead atoms. The fourth-order valence-corrected chi connectivity index (χ4v) is 16.6. The second-order valence-corrected chi connectivity index (χ2v) is 27.3. The predicted molar refractivity (Wildman–Crippen MR) is 450 cm³/mol. The van der Waals surface area contributed by atoms with E-state index in [1.807, 2.05) is 66.7 Å². The minimum Gasteiger partial charge on any atom is -0.397 e. The van der Waals surface area contributed by atoms with Crippen molar-refractivity contribution in [2.45, 2.75) is 0 Å². The average Bonchev–Trinajstić information content (AvgIpc) is 1.42. The van der Waals surface area contributed by atoms with Crippen molar-refractivity contribution < 1.29 is 4.79 Å². The Balaban J connectivity index is 0.000000127. The summed E-state index contributed by atoms with van der Waals surface area (Å²) >= 11 is 0. The van der Waals surface area contributed by atoms with Gasteiger partial charge in [0.25, 0.3) is 0 Å². The summed E-state index contributed by atoms with van der Waals surface area (Å²) in [6.45, 7) is 0. The van der Waals surface area contributed by atoms with Crippen molar-refractivity contribution in [1.29, 1.82) is 0 Å². The highest BCUT2D eigenvalue weighted by Gasteiger charge is 2.33. The molecule has 502 valence electrons. The number of nitrogens with two attached hydrogens (primary N) is 1. The maximum absolute atomic E-state index is 11.3. The van der Waals surface area contributed by atoms with Gasteiger partial charge in [-0.15, -0.1) is 0 Å². The smallest absolute Gasteiger partial charge is 0.150 e. The van der Waals surface area contributed by atoms with Gasteiger partial charge in [-0.2, -0.15) is 0 Å². The number of carbonyl (C=O) groups is 1. The molecule has 0 fully saturated rings. The Morgan fingerprint density at radius 2 is 0.617 bits per heavy atom. The third-order valence-electron chi connectivity index (χ3n) is 21.2. The fourth-order valence-electron chi connectivity index (χ4n) is 16.6. The van der Waals surface area contributed by atoms with Gasteiger partial charge in [0.1, 0.15) is 12.1 Å². The zero-order valence-corrected chi connectivity index (χ0v) is 58.4. The van der Waals surface area contributed by atoms with E-state index in [1.165, 1.54) is 149 Å². The second kappa shape index (κ2) is 27.2. The molecule has 0 atom stereocenters. The number of carbonyl (C=O) groups excluding carboxylic acids is 1. The van der Waals surface area contributed by atoms with Crippen molar-refractivity contribution in [2.75, 3.05) is 11.1 Å². The molecule has 1 heterocycles. The lowest BCUT2D eigenvalue weighted by Gasteiger charge is -2.20. The highest BCUT2D eigenvalue weighted by atomic mass is 16.1.